The van der Waals surface area contributed by atoms with E-state index >= 15 is 0 Å². The predicted octanol–water partition coefficient (Wildman–Crippen LogP) is -2.60. The third-order valence-corrected chi connectivity index (χ3v) is 0.433. The molecule has 0 aliphatic heterocycles. The van der Waals surface area contributed by atoms with Crippen molar-refractivity contribution in [2.45, 2.75) is 20.8 Å². The van der Waals surface area contributed by atoms with E-state index < -0.39 is 0 Å². The second-order valence-corrected chi connectivity index (χ2v) is 2.70. The first-order valence-electron chi connectivity index (χ1n) is 2.14. The van der Waals surface area contributed by atoms with Crippen molar-refractivity contribution in [2.24, 2.45) is 5.41 Å². The topological polar surface area (TPSA) is 23.1 Å². The molecule has 0 saturated heterocycles. The molecule has 0 radical (unpaired) electrons. The molecule has 2 heteroatoms. The van der Waals surface area contributed by atoms with Gasteiger partial charge in [-0.3, -0.25) is 0 Å². The molecule has 0 aliphatic rings. The number of hydrogen-bond acceptors (Lipinski definition) is 1. The van der Waals surface area contributed by atoms with E-state index in [-0.39, 0.29) is 63.4 Å². The molecule has 0 atom stereocenters. The van der Waals surface area contributed by atoms with Crippen LogP contribution in [0.4, 0.5) is 0 Å². The van der Waals surface area contributed by atoms with Crippen molar-refractivity contribution in [1.29, 1.82) is 0 Å². The van der Waals surface area contributed by atoms with Crippen LogP contribution >= 0.6 is 0 Å². The zero-order chi connectivity index (χ0) is 5.21. The van der Waals surface area contributed by atoms with Gasteiger partial charge in [0, 0.05) is 0 Å². The maximum Gasteiger partial charge on any atom is 1.00 e. The number of rotatable bonds is 0. The van der Waals surface area contributed by atoms with Gasteiger partial charge in [-0.05, 0) is 0 Å². The van der Waals surface area contributed by atoms with E-state index in [4.69, 9.17) is 0 Å². The quantitative estimate of drug-likeness (QED) is 0.326. The van der Waals surface area contributed by atoms with Crippen LogP contribution in [0.3, 0.4) is 0 Å². The normalized spacial score (nSPS) is 10.3. The van der Waals surface area contributed by atoms with Crippen LogP contribution in [0.25, 0.3) is 0 Å². The van der Waals surface area contributed by atoms with Crippen molar-refractivity contribution in [3.05, 3.63) is 0 Å². The first kappa shape index (κ1) is 11.4. The van der Waals surface area contributed by atoms with Crippen LogP contribution in [0, 0.1) is 5.41 Å². The van der Waals surface area contributed by atoms with Gasteiger partial charge in [-0.15, -0.1) is 6.61 Å². The van der Waals surface area contributed by atoms with Gasteiger partial charge in [0.1, 0.15) is 0 Å². The molecule has 0 saturated carbocycles. The summed E-state index contributed by atoms with van der Waals surface area (Å²) >= 11 is 0. The van der Waals surface area contributed by atoms with Gasteiger partial charge in [0.15, 0.2) is 0 Å². The van der Waals surface area contributed by atoms with Gasteiger partial charge in [-0.1, -0.05) is 26.2 Å². The van der Waals surface area contributed by atoms with Crippen LogP contribution in [-0.2, 0) is 0 Å². The predicted molar refractivity (Wildman–Crippen MR) is 24.3 cm³/mol. The van der Waals surface area contributed by atoms with Crippen LogP contribution in [0.1, 0.15) is 20.8 Å². The Labute approximate surface area is 87.9 Å². The van der Waals surface area contributed by atoms with Gasteiger partial charge >= 0.3 is 51.4 Å². The van der Waals surface area contributed by atoms with Gasteiger partial charge in [0.25, 0.3) is 0 Å². The molecule has 0 amide bonds. The molecule has 0 spiro atoms. The summed E-state index contributed by atoms with van der Waals surface area (Å²) in [6, 6.07) is 0. The Hall–Kier alpha value is 1.60. The Morgan fingerprint density at radius 2 is 1.43 bits per heavy atom. The largest absolute Gasteiger partial charge is 1.00 e. The van der Waals surface area contributed by atoms with Crippen molar-refractivity contribution in [2.75, 3.05) is 6.61 Å². The minimum absolute atomic E-state index is 0. The Bertz CT molecular complexity index is 37.8. The van der Waals surface area contributed by atoms with Crippen molar-refractivity contribution >= 4 is 0 Å². The van der Waals surface area contributed by atoms with Gasteiger partial charge in [0.05, 0.1) is 0 Å². The third-order valence-electron chi connectivity index (χ3n) is 0.433. The maximum atomic E-state index is 9.95. The molecule has 0 heterocycles. The van der Waals surface area contributed by atoms with E-state index in [0.29, 0.717) is 0 Å². The molecule has 0 N–H and O–H groups in total. The molecule has 38 valence electrons. The maximum absolute atomic E-state index is 9.95. The fraction of sp³-hybridized carbons (Fsp3) is 1.00. The van der Waals surface area contributed by atoms with Crippen LogP contribution in [0.15, 0.2) is 0 Å². The molecule has 7 heavy (non-hydrogen) atoms. The van der Waals surface area contributed by atoms with E-state index in [9.17, 15) is 5.11 Å². The minimum atomic E-state index is -0.0139. The van der Waals surface area contributed by atoms with Crippen molar-refractivity contribution in [1.82, 2.24) is 0 Å². The Kier molecular flexibility index (Phi) is 7.28. The van der Waals surface area contributed by atoms with Crippen LogP contribution < -0.4 is 56.5 Å². The van der Waals surface area contributed by atoms with E-state index in [1.807, 2.05) is 20.8 Å². The summed E-state index contributed by atoms with van der Waals surface area (Å²) in [7, 11) is 0. The summed E-state index contributed by atoms with van der Waals surface area (Å²) in [4.78, 5) is 0. The zero-order valence-electron chi connectivity index (χ0n) is 5.62. The standard InChI is InChI=1S/C5H11O.K/c1-5(2,3)4-6;/h4H2,1-3H3;/q-1;+1. The van der Waals surface area contributed by atoms with Crippen LogP contribution in [0.2, 0.25) is 0 Å². The fourth-order valence-corrected chi connectivity index (χ4v) is 0. The second kappa shape index (κ2) is 4.47. The molecular formula is C5H11KO. The molecule has 1 nitrogen and oxygen atoms in total. The van der Waals surface area contributed by atoms with Crippen LogP contribution in [-0.4, -0.2) is 6.61 Å². The molecule has 0 unspecified atom stereocenters. The molecule has 0 bridgehead atoms. The molecule has 0 aromatic rings. The van der Waals surface area contributed by atoms with Gasteiger partial charge in [-0.2, -0.15) is 0 Å². The first-order chi connectivity index (χ1) is 2.56. The molecule has 0 fully saturated rings. The zero-order valence-corrected chi connectivity index (χ0v) is 8.74. The third kappa shape index (κ3) is 11.3. The summed E-state index contributed by atoms with van der Waals surface area (Å²) < 4.78 is 0. The SMILES string of the molecule is CC(C)(C)C[O-].[K+]. The average molecular weight is 126 g/mol. The summed E-state index contributed by atoms with van der Waals surface area (Å²) in [5.41, 5.74) is -0.0139. The van der Waals surface area contributed by atoms with Gasteiger partial charge < -0.3 is 5.11 Å². The van der Waals surface area contributed by atoms with Crippen molar-refractivity contribution < 1.29 is 56.5 Å². The number of hydrogen-bond donors (Lipinski definition) is 0. The van der Waals surface area contributed by atoms with Gasteiger partial charge in [0.2, 0.25) is 0 Å². The van der Waals surface area contributed by atoms with E-state index in [1.54, 1.807) is 0 Å². The summed E-state index contributed by atoms with van der Waals surface area (Å²) in [5, 5.41) is 9.95. The Morgan fingerprint density at radius 3 is 1.43 bits per heavy atom. The second-order valence-electron chi connectivity index (χ2n) is 2.70. The summed E-state index contributed by atoms with van der Waals surface area (Å²) in [6.07, 6.45) is 0. The van der Waals surface area contributed by atoms with E-state index in [0.717, 1.165) is 0 Å². The van der Waals surface area contributed by atoms with Gasteiger partial charge in [-0.25, -0.2) is 0 Å². The Morgan fingerprint density at radius 1 is 1.29 bits per heavy atom. The van der Waals surface area contributed by atoms with Crippen molar-refractivity contribution in [3.63, 3.8) is 0 Å². The summed E-state index contributed by atoms with van der Waals surface area (Å²) in [5.74, 6) is 0. The molecule has 0 aromatic heterocycles. The Balaban J connectivity index is 0. The van der Waals surface area contributed by atoms with E-state index in [1.165, 1.54) is 0 Å². The van der Waals surface area contributed by atoms with Crippen molar-refractivity contribution in [3.8, 4) is 0 Å². The smallest absolute Gasteiger partial charge is 0.854 e. The summed E-state index contributed by atoms with van der Waals surface area (Å²) in [6.45, 7) is 5.81. The first-order valence-corrected chi connectivity index (χ1v) is 2.14. The minimum Gasteiger partial charge on any atom is -0.854 e. The van der Waals surface area contributed by atoms with E-state index in [2.05, 4.69) is 0 Å². The monoisotopic (exact) mass is 126 g/mol. The average Bonchev–Trinajstić information content (AvgIpc) is 1.35. The fourth-order valence-electron chi connectivity index (χ4n) is 0. The van der Waals surface area contributed by atoms with Crippen LogP contribution in [0.5, 0.6) is 0 Å². The molecule has 0 aromatic carbocycles. The molecular weight excluding hydrogens is 115 g/mol. The molecule has 0 aliphatic carbocycles. The molecule has 0 rings (SSSR count).